The lowest BCUT2D eigenvalue weighted by Crippen LogP contribution is -2.16. The minimum atomic E-state index is -0.0210. The third-order valence-corrected chi connectivity index (χ3v) is 16.1. The van der Waals surface area contributed by atoms with Gasteiger partial charge in [0.1, 0.15) is 0 Å². The van der Waals surface area contributed by atoms with E-state index < -0.39 is 0 Å². The van der Waals surface area contributed by atoms with Gasteiger partial charge in [0.15, 0.2) is 0 Å². The molecule has 0 aliphatic carbocycles. The summed E-state index contributed by atoms with van der Waals surface area (Å²) in [4.78, 5) is 9.83. The van der Waals surface area contributed by atoms with Crippen LogP contribution in [0.5, 0.6) is 0 Å². The highest BCUT2D eigenvalue weighted by Crippen LogP contribution is 2.54. The smallest absolute Gasteiger partial charge is 0.0619 e. The lowest BCUT2D eigenvalue weighted by molar-refractivity contribution is 0.590. The fourth-order valence-corrected chi connectivity index (χ4v) is 12.0. The number of hydrogen-bond acceptors (Lipinski definition) is 4. The van der Waals surface area contributed by atoms with Gasteiger partial charge in [-0.1, -0.05) is 236 Å². The number of para-hydroxylation sites is 4. The first-order valence-corrected chi connectivity index (χ1v) is 28.6. The van der Waals surface area contributed by atoms with Crippen molar-refractivity contribution in [3.63, 3.8) is 0 Å². The van der Waals surface area contributed by atoms with E-state index in [1.165, 1.54) is 11.1 Å². The van der Waals surface area contributed by atoms with Crippen LogP contribution < -0.4 is 19.6 Å². The summed E-state index contributed by atoms with van der Waals surface area (Å²) in [5.41, 5.74) is 15.7. The first-order valence-electron chi connectivity index (χ1n) is 28.6. The van der Waals surface area contributed by atoms with Crippen molar-refractivity contribution in [1.29, 1.82) is 0 Å². The molecule has 0 spiro atoms. The Kier molecular flexibility index (Phi) is 13.4. The molecule has 0 bridgehead atoms. The molecule has 13 rings (SSSR count). The summed E-state index contributed by atoms with van der Waals surface area (Å²) < 4.78 is 0. The van der Waals surface area contributed by atoms with Crippen molar-refractivity contribution in [2.24, 2.45) is 0 Å². The Labute approximate surface area is 483 Å². The highest BCUT2D eigenvalue weighted by molar-refractivity contribution is 6.25. The van der Waals surface area contributed by atoms with Crippen molar-refractivity contribution in [2.45, 2.75) is 52.4 Å². The SMILES string of the molecule is CC(C)(C)c1ccc(N(c2ccc(N(c3ccc(C(C)(C)C)cc3)c3c4ccccc4c(N(c4ccccc4)c4ccccc4)c4ccccc34)cc2)c2c3ccccc3c(N(c3ccccc3)c3ccccc3)c3ccccc23)cc1. The monoisotopic (exact) mass is 1060 g/mol. The van der Waals surface area contributed by atoms with E-state index in [-0.39, 0.29) is 10.8 Å². The van der Waals surface area contributed by atoms with E-state index in [0.29, 0.717) is 0 Å². The molecule has 0 saturated carbocycles. The van der Waals surface area contributed by atoms with Gasteiger partial charge in [-0.2, -0.15) is 0 Å². The second-order valence-electron chi connectivity index (χ2n) is 23.4. The standard InChI is InChI=1S/C78H66N4/c1-77(2,3)55-43-47-61(48-44-55)81(75-69-39-23-19-35-65(69)73(66-36-20-24-40-70(66)75)79(57-27-11-7-12-28-57)58-29-13-8-14-30-58)63-51-53-64(54-52-63)82(62-49-45-56(46-50-62)78(4,5)6)76-71-41-25-21-37-67(71)74(68-38-22-26-42-72(68)76)80(59-31-15-9-16-32-59)60-33-17-10-18-34-60/h7-54H,1-6H3. The summed E-state index contributed by atoms with van der Waals surface area (Å²) in [6.45, 7) is 13.7. The molecular weight excluding hydrogens is 993 g/mol. The summed E-state index contributed by atoms with van der Waals surface area (Å²) in [5.74, 6) is 0. The maximum absolute atomic E-state index is 2.49. The van der Waals surface area contributed by atoms with Gasteiger partial charge in [0.05, 0.1) is 22.7 Å². The van der Waals surface area contributed by atoms with Gasteiger partial charge >= 0.3 is 0 Å². The van der Waals surface area contributed by atoms with Crippen LogP contribution in [-0.2, 0) is 10.8 Å². The number of benzene rings is 13. The number of anilines is 12. The molecule has 0 atom stereocenters. The molecule has 0 aromatic heterocycles. The number of fused-ring (bicyclic) bond motifs is 4. The fourth-order valence-electron chi connectivity index (χ4n) is 12.0. The van der Waals surface area contributed by atoms with Crippen LogP contribution >= 0.6 is 0 Å². The summed E-state index contributed by atoms with van der Waals surface area (Å²) in [7, 11) is 0. The first-order chi connectivity index (χ1) is 40.0. The molecule has 0 fully saturated rings. The largest absolute Gasteiger partial charge is 0.309 e. The topological polar surface area (TPSA) is 13.0 Å². The third kappa shape index (κ3) is 9.46. The Morgan fingerprint density at radius 3 is 0.488 bits per heavy atom. The summed E-state index contributed by atoms with van der Waals surface area (Å²) in [6, 6.07) is 107. The number of nitrogens with zero attached hydrogens (tertiary/aromatic N) is 4. The van der Waals surface area contributed by atoms with Crippen molar-refractivity contribution in [2.75, 3.05) is 19.6 Å². The molecule has 398 valence electrons. The van der Waals surface area contributed by atoms with Crippen molar-refractivity contribution in [3.8, 4) is 0 Å². The Hall–Kier alpha value is -9.90. The molecule has 0 radical (unpaired) electrons. The molecule has 0 unspecified atom stereocenters. The molecule has 82 heavy (non-hydrogen) atoms. The van der Waals surface area contributed by atoms with E-state index in [1.807, 2.05) is 0 Å². The zero-order valence-corrected chi connectivity index (χ0v) is 47.5. The van der Waals surface area contributed by atoms with E-state index >= 15 is 0 Å². The van der Waals surface area contributed by atoms with E-state index in [9.17, 15) is 0 Å². The van der Waals surface area contributed by atoms with Crippen LogP contribution in [0.3, 0.4) is 0 Å². The van der Waals surface area contributed by atoms with Crippen LogP contribution in [0.2, 0.25) is 0 Å². The van der Waals surface area contributed by atoms with E-state index in [4.69, 9.17) is 0 Å². The maximum atomic E-state index is 2.49. The molecule has 0 aliphatic heterocycles. The van der Waals surface area contributed by atoms with Crippen LogP contribution in [0.1, 0.15) is 52.7 Å². The Balaban J connectivity index is 1.05. The van der Waals surface area contributed by atoms with Crippen molar-refractivity contribution in [1.82, 2.24) is 0 Å². The molecule has 0 amide bonds. The molecular formula is C78H66N4. The fraction of sp³-hybridized carbons (Fsp3) is 0.103. The minimum Gasteiger partial charge on any atom is -0.309 e. The van der Waals surface area contributed by atoms with Gasteiger partial charge in [0, 0.05) is 88.6 Å². The Morgan fingerprint density at radius 2 is 0.317 bits per heavy atom. The van der Waals surface area contributed by atoms with Gasteiger partial charge in [-0.05, 0) is 119 Å². The molecule has 0 heterocycles. The van der Waals surface area contributed by atoms with Crippen LogP contribution in [0.4, 0.5) is 68.2 Å². The summed E-state index contributed by atoms with van der Waals surface area (Å²) in [6.07, 6.45) is 0. The highest BCUT2D eigenvalue weighted by atomic mass is 15.2. The van der Waals surface area contributed by atoms with Crippen molar-refractivity contribution < 1.29 is 0 Å². The predicted molar refractivity (Wildman–Crippen MR) is 353 cm³/mol. The Morgan fingerprint density at radius 1 is 0.171 bits per heavy atom. The zero-order valence-electron chi connectivity index (χ0n) is 47.5. The molecule has 13 aromatic carbocycles. The predicted octanol–water partition coefficient (Wildman–Crippen LogP) is 22.8. The summed E-state index contributed by atoms with van der Waals surface area (Å²) >= 11 is 0. The van der Waals surface area contributed by atoms with Crippen molar-refractivity contribution in [3.05, 3.63) is 302 Å². The van der Waals surface area contributed by atoms with Crippen LogP contribution in [0.15, 0.2) is 291 Å². The lowest BCUT2D eigenvalue weighted by atomic mass is 9.87. The Bertz CT molecular complexity index is 3900. The quantitative estimate of drug-likeness (QED) is 0.0893. The molecule has 0 saturated heterocycles. The van der Waals surface area contributed by atoms with Crippen LogP contribution in [0.25, 0.3) is 43.1 Å². The lowest BCUT2D eigenvalue weighted by Gasteiger charge is -2.34. The average molecular weight is 1060 g/mol. The highest BCUT2D eigenvalue weighted by Gasteiger charge is 2.29. The van der Waals surface area contributed by atoms with Gasteiger partial charge in [0.2, 0.25) is 0 Å². The summed E-state index contributed by atoms with van der Waals surface area (Å²) in [5, 5.41) is 9.21. The van der Waals surface area contributed by atoms with E-state index in [1.54, 1.807) is 0 Å². The van der Waals surface area contributed by atoms with E-state index in [0.717, 1.165) is 111 Å². The molecule has 13 aromatic rings. The molecule has 0 N–H and O–H groups in total. The van der Waals surface area contributed by atoms with Crippen LogP contribution in [-0.4, -0.2) is 0 Å². The molecule has 0 aliphatic rings. The number of rotatable bonds is 12. The van der Waals surface area contributed by atoms with Gasteiger partial charge < -0.3 is 19.6 Å². The molecule has 4 heteroatoms. The second kappa shape index (κ2) is 21.3. The van der Waals surface area contributed by atoms with E-state index in [2.05, 4.69) is 352 Å². The molecule has 4 nitrogen and oxygen atoms in total. The van der Waals surface area contributed by atoms with Gasteiger partial charge in [-0.15, -0.1) is 0 Å². The van der Waals surface area contributed by atoms with Crippen molar-refractivity contribution >= 4 is 111 Å². The van der Waals surface area contributed by atoms with Gasteiger partial charge in [0.25, 0.3) is 0 Å². The second-order valence-corrected chi connectivity index (χ2v) is 23.4. The van der Waals surface area contributed by atoms with Crippen LogP contribution in [0, 0.1) is 0 Å². The maximum Gasteiger partial charge on any atom is 0.0619 e. The third-order valence-electron chi connectivity index (χ3n) is 16.1. The number of hydrogen-bond donors (Lipinski definition) is 0. The minimum absolute atomic E-state index is 0.0210. The van der Waals surface area contributed by atoms with Gasteiger partial charge in [-0.3, -0.25) is 0 Å². The first kappa shape index (κ1) is 51.5. The zero-order chi connectivity index (χ0) is 56.0. The van der Waals surface area contributed by atoms with Gasteiger partial charge in [-0.25, -0.2) is 0 Å². The average Bonchev–Trinajstić information content (AvgIpc) is 3.42. The normalized spacial score (nSPS) is 11.8.